The van der Waals surface area contributed by atoms with Crippen molar-refractivity contribution in [1.82, 2.24) is 0 Å². The normalized spacial score (nSPS) is 12.4. The van der Waals surface area contributed by atoms with E-state index < -0.39 is 30.5 Å². The van der Waals surface area contributed by atoms with Gasteiger partial charge in [-0.05, 0) is 0 Å². The van der Waals surface area contributed by atoms with Gasteiger partial charge in [-0.25, -0.2) is 0 Å². The number of aliphatic carboxylic acids is 2. The van der Waals surface area contributed by atoms with Gasteiger partial charge in [0.05, 0.1) is 18.3 Å². The van der Waals surface area contributed by atoms with Crippen molar-refractivity contribution in [3.05, 3.63) is 12.7 Å². The first-order valence-electron chi connectivity index (χ1n) is 4.66. The van der Waals surface area contributed by atoms with Crippen LogP contribution in [0.1, 0.15) is 20.3 Å². The Kier molecular flexibility index (Phi) is 8.08. The summed E-state index contributed by atoms with van der Waals surface area (Å²) in [5.74, 6) is -4.01. The molecule has 4 nitrogen and oxygen atoms in total. The van der Waals surface area contributed by atoms with Crippen molar-refractivity contribution in [2.75, 3.05) is 0 Å². The van der Waals surface area contributed by atoms with Gasteiger partial charge in [0, 0.05) is 0 Å². The molecule has 1 atom stereocenters. The summed E-state index contributed by atoms with van der Waals surface area (Å²) in [5.41, 5.74) is 0. The van der Waals surface area contributed by atoms with Crippen LogP contribution in [0.4, 0.5) is 13.2 Å². The standard InChI is InChI=1S/C6H7F3O2.C4H8O2/c1-2-4(5(10)11)3-6(7,8)9;1-3(2)4(5)6/h2,4H,1,3H2,(H,10,11);3H,1-2H3,(H,5,6). The Balaban J connectivity index is 0. The van der Waals surface area contributed by atoms with Crippen molar-refractivity contribution in [2.45, 2.75) is 26.4 Å². The van der Waals surface area contributed by atoms with E-state index in [0.717, 1.165) is 6.08 Å². The quantitative estimate of drug-likeness (QED) is 0.758. The van der Waals surface area contributed by atoms with Crippen LogP contribution < -0.4 is 0 Å². The van der Waals surface area contributed by atoms with Gasteiger partial charge in [0.25, 0.3) is 0 Å². The molecule has 0 heterocycles. The molecule has 17 heavy (non-hydrogen) atoms. The monoisotopic (exact) mass is 256 g/mol. The maximum Gasteiger partial charge on any atom is 0.390 e. The summed E-state index contributed by atoms with van der Waals surface area (Å²) in [6, 6.07) is 0. The lowest BCUT2D eigenvalue weighted by atomic mass is 10.1. The van der Waals surface area contributed by atoms with Gasteiger partial charge in [-0.15, -0.1) is 6.58 Å². The largest absolute Gasteiger partial charge is 0.481 e. The van der Waals surface area contributed by atoms with Gasteiger partial charge in [-0.1, -0.05) is 19.9 Å². The molecule has 7 heteroatoms. The van der Waals surface area contributed by atoms with E-state index in [1.807, 2.05) is 0 Å². The molecule has 0 amide bonds. The fraction of sp³-hybridized carbons (Fsp3) is 0.600. The van der Waals surface area contributed by atoms with Crippen molar-refractivity contribution in [1.29, 1.82) is 0 Å². The van der Waals surface area contributed by atoms with Gasteiger partial charge >= 0.3 is 18.1 Å². The summed E-state index contributed by atoms with van der Waals surface area (Å²) < 4.78 is 34.6. The van der Waals surface area contributed by atoms with Gasteiger partial charge in [0.1, 0.15) is 0 Å². The van der Waals surface area contributed by atoms with Crippen molar-refractivity contribution in [2.24, 2.45) is 11.8 Å². The van der Waals surface area contributed by atoms with E-state index in [0.29, 0.717) is 0 Å². The van der Waals surface area contributed by atoms with Crippen molar-refractivity contribution in [3.63, 3.8) is 0 Å². The fourth-order valence-electron chi connectivity index (χ4n) is 0.521. The average Bonchev–Trinajstić information content (AvgIpc) is 2.13. The second-order valence-electron chi connectivity index (χ2n) is 3.49. The maximum absolute atomic E-state index is 11.5. The number of rotatable bonds is 4. The molecule has 0 aliphatic carbocycles. The second kappa shape index (κ2) is 7.70. The first kappa shape index (κ1) is 17.9. The van der Waals surface area contributed by atoms with Crippen LogP contribution in [0.2, 0.25) is 0 Å². The molecular weight excluding hydrogens is 241 g/mol. The number of carbonyl (C=O) groups is 2. The number of carboxylic acids is 2. The molecule has 0 aromatic rings. The zero-order valence-corrected chi connectivity index (χ0v) is 9.49. The Morgan fingerprint density at radius 3 is 1.65 bits per heavy atom. The van der Waals surface area contributed by atoms with Gasteiger partial charge < -0.3 is 10.2 Å². The van der Waals surface area contributed by atoms with Crippen LogP contribution in [-0.4, -0.2) is 28.3 Å². The molecule has 0 fully saturated rings. The molecule has 0 saturated carbocycles. The summed E-state index contributed by atoms with van der Waals surface area (Å²) >= 11 is 0. The minimum absolute atomic E-state index is 0.231. The lowest BCUT2D eigenvalue weighted by Gasteiger charge is -2.09. The molecule has 0 aromatic heterocycles. The number of hydrogen-bond donors (Lipinski definition) is 2. The van der Waals surface area contributed by atoms with E-state index in [2.05, 4.69) is 6.58 Å². The van der Waals surface area contributed by atoms with E-state index in [-0.39, 0.29) is 5.92 Å². The molecule has 0 aliphatic heterocycles. The van der Waals surface area contributed by atoms with Gasteiger partial charge in [-0.3, -0.25) is 9.59 Å². The summed E-state index contributed by atoms with van der Waals surface area (Å²) in [5, 5.41) is 16.2. The Morgan fingerprint density at radius 2 is 1.59 bits per heavy atom. The Hall–Kier alpha value is -1.53. The highest BCUT2D eigenvalue weighted by atomic mass is 19.4. The Morgan fingerprint density at radius 1 is 1.24 bits per heavy atom. The highest BCUT2D eigenvalue weighted by Crippen LogP contribution is 2.25. The molecule has 0 saturated heterocycles. The number of carboxylic acid groups (broad SMARTS) is 2. The third-order valence-corrected chi connectivity index (χ3v) is 1.55. The Labute approximate surface area is 96.7 Å². The van der Waals surface area contributed by atoms with Gasteiger partial charge in [0.2, 0.25) is 0 Å². The van der Waals surface area contributed by atoms with Crippen LogP contribution in [0.5, 0.6) is 0 Å². The maximum atomic E-state index is 11.5. The molecular formula is C10H15F3O4. The highest BCUT2D eigenvalue weighted by molar-refractivity contribution is 5.72. The molecule has 0 radical (unpaired) electrons. The molecule has 0 spiro atoms. The van der Waals surface area contributed by atoms with Gasteiger partial charge in [0.15, 0.2) is 0 Å². The zero-order chi connectivity index (χ0) is 14.2. The van der Waals surface area contributed by atoms with Crippen molar-refractivity contribution < 1.29 is 33.0 Å². The fourth-order valence-corrected chi connectivity index (χ4v) is 0.521. The van der Waals surface area contributed by atoms with E-state index in [9.17, 15) is 22.8 Å². The first-order valence-corrected chi connectivity index (χ1v) is 4.66. The van der Waals surface area contributed by atoms with Crippen LogP contribution in [0.15, 0.2) is 12.7 Å². The smallest absolute Gasteiger partial charge is 0.390 e. The molecule has 100 valence electrons. The summed E-state index contributed by atoms with van der Waals surface area (Å²) in [7, 11) is 0. The summed E-state index contributed by atoms with van der Waals surface area (Å²) in [4.78, 5) is 19.7. The zero-order valence-electron chi connectivity index (χ0n) is 9.49. The lowest BCUT2D eigenvalue weighted by Crippen LogP contribution is -2.20. The lowest BCUT2D eigenvalue weighted by molar-refractivity contribution is -0.159. The van der Waals surface area contributed by atoms with Crippen molar-refractivity contribution in [3.8, 4) is 0 Å². The first-order chi connectivity index (χ1) is 7.51. The van der Waals surface area contributed by atoms with Crippen molar-refractivity contribution >= 4 is 11.9 Å². The third kappa shape index (κ3) is 12.4. The van der Waals surface area contributed by atoms with Crippen LogP contribution in [0.25, 0.3) is 0 Å². The highest BCUT2D eigenvalue weighted by Gasteiger charge is 2.33. The predicted octanol–water partition coefficient (Wildman–Crippen LogP) is 2.55. The SMILES string of the molecule is C=CC(CC(F)(F)F)C(=O)O.CC(C)C(=O)O. The number of alkyl halides is 3. The van der Waals surface area contributed by atoms with Crippen LogP contribution in [0, 0.1) is 11.8 Å². The summed E-state index contributed by atoms with van der Waals surface area (Å²) in [6.45, 7) is 6.27. The molecule has 0 rings (SSSR count). The summed E-state index contributed by atoms with van der Waals surface area (Å²) in [6.07, 6.45) is -5.03. The average molecular weight is 256 g/mol. The Bertz CT molecular complexity index is 271. The van der Waals surface area contributed by atoms with Crippen LogP contribution in [-0.2, 0) is 9.59 Å². The second-order valence-corrected chi connectivity index (χ2v) is 3.49. The number of hydrogen-bond acceptors (Lipinski definition) is 2. The minimum Gasteiger partial charge on any atom is -0.481 e. The van der Waals surface area contributed by atoms with E-state index in [4.69, 9.17) is 10.2 Å². The third-order valence-electron chi connectivity index (χ3n) is 1.55. The number of halogens is 3. The van der Waals surface area contributed by atoms with E-state index >= 15 is 0 Å². The minimum atomic E-state index is -4.45. The molecule has 1 unspecified atom stereocenters. The van der Waals surface area contributed by atoms with Crippen LogP contribution in [0.3, 0.4) is 0 Å². The van der Waals surface area contributed by atoms with E-state index in [1.54, 1.807) is 13.8 Å². The van der Waals surface area contributed by atoms with E-state index in [1.165, 1.54) is 0 Å². The molecule has 2 N–H and O–H groups in total. The molecule has 0 aliphatic rings. The predicted molar refractivity (Wildman–Crippen MR) is 54.5 cm³/mol. The van der Waals surface area contributed by atoms with Crippen LogP contribution >= 0.6 is 0 Å². The molecule has 0 bridgehead atoms. The topological polar surface area (TPSA) is 74.6 Å². The van der Waals surface area contributed by atoms with Gasteiger partial charge in [-0.2, -0.15) is 13.2 Å². The molecule has 0 aromatic carbocycles.